The van der Waals surface area contributed by atoms with E-state index in [0.717, 1.165) is 38.0 Å². The van der Waals surface area contributed by atoms with Crippen LogP contribution in [0.4, 0.5) is 5.69 Å². The molecule has 160 valence electrons. The zero-order valence-electron chi connectivity index (χ0n) is 17.3. The van der Waals surface area contributed by atoms with Gasteiger partial charge < -0.3 is 14.5 Å². The molecule has 1 saturated heterocycles. The first kappa shape index (κ1) is 19.6. The average Bonchev–Trinajstić information content (AvgIpc) is 3.07. The third kappa shape index (κ3) is 3.54. The highest BCUT2D eigenvalue weighted by Crippen LogP contribution is 2.34. The molecule has 2 aromatic rings. The SMILES string of the molecule is O=C([C@@H]1CN(CCN2C(=O)c3ccccc3C2=O)c2ccccc2O1)N1CCCCC1. The lowest BCUT2D eigenvalue weighted by atomic mass is 10.1. The van der Waals surface area contributed by atoms with Crippen molar-refractivity contribution in [3.63, 3.8) is 0 Å². The van der Waals surface area contributed by atoms with Gasteiger partial charge in [-0.05, 0) is 43.5 Å². The van der Waals surface area contributed by atoms with Crippen LogP contribution in [0.2, 0.25) is 0 Å². The minimum atomic E-state index is -0.588. The molecule has 0 N–H and O–H groups in total. The maximum atomic E-state index is 13.1. The summed E-state index contributed by atoms with van der Waals surface area (Å²) in [7, 11) is 0. The molecule has 0 aromatic heterocycles. The summed E-state index contributed by atoms with van der Waals surface area (Å²) in [4.78, 5) is 43.7. The zero-order valence-corrected chi connectivity index (χ0v) is 17.3. The number of hydrogen-bond acceptors (Lipinski definition) is 5. The van der Waals surface area contributed by atoms with Crippen molar-refractivity contribution in [2.75, 3.05) is 37.6 Å². The second-order valence-electron chi connectivity index (χ2n) is 8.21. The molecule has 0 aliphatic carbocycles. The molecule has 3 heterocycles. The van der Waals surface area contributed by atoms with Crippen LogP contribution in [0.3, 0.4) is 0 Å². The van der Waals surface area contributed by atoms with Crippen molar-refractivity contribution >= 4 is 23.4 Å². The van der Waals surface area contributed by atoms with Gasteiger partial charge in [-0.25, -0.2) is 0 Å². The largest absolute Gasteiger partial charge is 0.477 e. The van der Waals surface area contributed by atoms with E-state index in [9.17, 15) is 14.4 Å². The fourth-order valence-corrected chi connectivity index (χ4v) is 4.63. The third-order valence-corrected chi connectivity index (χ3v) is 6.28. The van der Waals surface area contributed by atoms with E-state index in [-0.39, 0.29) is 24.3 Å². The summed E-state index contributed by atoms with van der Waals surface area (Å²) >= 11 is 0. The molecule has 3 aliphatic rings. The van der Waals surface area contributed by atoms with Crippen LogP contribution < -0.4 is 9.64 Å². The molecule has 0 bridgehead atoms. The Hall–Kier alpha value is -3.35. The summed E-state index contributed by atoms with van der Waals surface area (Å²) in [6.07, 6.45) is 2.62. The minimum Gasteiger partial charge on any atom is -0.477 e. The molecule has 5 rings (SSSR count). The summed E-state index contributed by atoms with van der Waals surface area (Å²) in [5.74, 6) is 0.151. The number of carbonyl (C=O) groups is 3. The lowest BCUT2D eigenvalue weighted by molar-refractivity contribution is -0.139. The Balaban J connectivity index is 1.33. The number of nitrogens with zero attached hydrogens (tertiary/aromatic N) is 3. The molecule has 0 spiro atoms. The Bertz CT molecular complexity index is 996. The van der Waals surface area contributed by atoms with Gasteiger partial charge in [0, 0.05) is 26.2 Å². The third-order valence-electron chi connectivity index (χ3n) is 6.28. The Morgan fingerprint density at radius 1 is 0.871 bits per heavy atom. The number of hydrogen-bond donors (Lipinski definition) is 0. The number of para-hydroxylation sites is 2. The van der Waals surface area contributed by atoms with E-state index < -0.39 is 6.10 Å². The number of fused-ring (bicyclic) bond motifs is 2. The number of anilines is 1. The summed E-state index contributed by atoms with van der Waals surface area (Å²) < 4.78 is 6.06. The van der Waals surface area contributed by atoms with Crippen molar-refractivity contribution in [1.82, 2.24) is 9.80 Å². The number of imide groups is 1. The van der Waals surface area contributed by atoms with E-state index in [1.807, 2.05) is 29.2 Å². The molecule has 7 heteroatoms. The number of piperidine rings is 1. The van der Waals surface area contributed by atoms with E-state index in [1.54, 1.807) is 24.3 Å². The maximum Gasteiger partial charge on any atom is 0.265 e. The summed E-state index contributed by atoms with van der Waals surface area (Å²) in [5, 5.41) is 0. The first-order valence-corrected chi connectivity index (χ1v) is 10.9. The molecule has 7 nitrogen and oxygen atoms in total. The molecule has 1 atom stereocenters. The first-order chi connectivity index (χ1) is 15.1. The van der Waals surface area contributed by atoms with Gasteiger partial charge in [-0.1, -0.05) is 24.3 Å². The normalized spacial score (nSPS) is 20.4. The summed E-state index contributed by atoms with van der Waals surface area (Å²) in [6, 6.07) is 14.5. The Kier molecular flexibility index (Phi) is 5.10. The lowest BCUT2D eigenvalue weighted by Gasteiger charge is -2.38. The predicted molar refractivity (Wildman–Crippen MR) is 115 cm³/mol. The molecule has 0 saturated carbocycles. The van der Waals surface area contributed by atoms with Gasteiger partial charge >= 0.3 is 0 Å². The zero-order chi connectivity index (χ0) is 21.4. The van der Waals surface area contributed by atoms with E-state index in [1.165, 1.54) is 4.90 Å². The van der Waals surface area contributed by atoms with Gasteiger partial charge in [0.15, 0.2) is 6.10 Å². The van der Waals surface area contributed by atoms with Gasteiger partial charge in [0.05, 0.1) is 23.4 Å². The first-order valence-electron chi connectivity index (χ1n) is 10.9. The van der Waals surface area contributed by atoms with Crippen molar-refractivity contribution in [3.8, 4) is 5.75 Å². The number of benzene rings is 2. The molecule has 0 radical (unpaired) electrons. The van der Waals surface area contributed by atoms with Gasteiger partial charge in [-0.15, -0.1) is 0 Å². The van der Waals surface area contributed by atoms with Crippen molar-refractivity contribution in [1.29, 1.82) is 0 Å². The Labute approximate surface area is 181 Å². The molecule has 0 unspecified atom stereocenters. The topological polar surface area (TPSA) is 70.2 Å². The number of ether oxygens (including phenoxy) is 1. The van der Waals surface area contributed by atoms with E-state index >= 15 is 0 Å². The van der Waals surface area contributed by atoms with Crippen LogP contribution in [0.15, 0.2) is 48.5 Å². The smallest absolute Gasteiger partial charge is 0.265 e. The second-order valence-corrected chi connectivity index (χ2v) is 8.21. The highest BCUT2D eigenvalue weighted by molar-refractivity contribution is 6.21. The molecule has 31 heavy (non-hydrogen) atoms. The predicted octanol–water partition coefficient (Wildman–Crippen LogP) is 2.56. The molecular weight excluding hydrogens is 394 g/mol. The van der Waals surface area contributed by atoms with Crippen molar-refractivity contribution in [2.45, 2.75) is 25.4 Å². The quantitative estimate of drug-likeness (QED) is 0.713. The second kappa shape index (κ2) is 8.06. The van der Waals surface area contributed by atoms with Crippen LogP contribution >= 0.6 is 0 Å². The molecular formula is C24H25N3O4. The van der Waals surface area contributed by atoms with Gasteiger partial charge in [0.2, 0.25) is 0 Å². The molecule has 1 fully saturated rings. The average molecular weight is 419 g/mol. The van der Waals surface area contributed by atoms with Crippen LogP contribution in [0, 0.1) is 0 Å². The van der Waals surface area contributed by atoms with Gasteiger partial charge in [-0.3, -0.25) is 19.3 Å². The van der Waals surface area contributed by atoms with Gasteiger partial charge in [0.1, 0.15) is 5.75 Å². The maximum absolute atomic E-state index is 13.1. The highest BCUT2D eigenvalue weighted by atomic mass is 16.5. The monoisotopic (exact) mass is 419 g/mol. The Morgan fingerprint density at radius 3 is 2.23 bits per heavy atom. The number of rotatable bonds is 4. The summed E-state index contributed by atoms with van der Waals surface area (Å²) in [6.45, 7) is 2.64. The fourth-order valence-electron chi connectivity index (χ4n) is 4.63. The number of amides is 3. The molecule has 3 aliphatic heterocycles. The fraction of sp³-hybridized carbons (Fsp3) is 0.375. The van der Waals surface area contributed by atoms with Crippen LogP contribution in [0.1, 0.15) is 40.0 Å². The molecule has 3 amide bonds. The van der Waals surface area contributed by atoms with E-state index in [2.05, 4.69) is 4.90 Å². The number of likely N-dealkylation sites (tertiary alicyclic amines) is 1. The Morgan fingerprint density at radius 2 is 1.52 bits per heavy atom. The minimum absolute atomic E-state index is 0.0138. The van der Waals surface area contributed by atoms with Crippen molar-refractivity contribution in [3.05, 3.63) is 59.7 Å². The van der Waals surface area contributed by atoms with Gasteiger partial charge in [0.25, 0.3) is 17.7 Å². The highest BCUT2D eigenvalue weighted by Gasteiger charge is 2.37. The number of carbonyl (C=O) groups excluding carboxylic acids is 3. The van der Waals surface area contributed by atoms with Crippen molar-refractivity contribution < 1.29 is 19.1 Å². The van der Waals surface area contributed by atoms with Crippen LogP contribution in [0.5, 0.6) is 5.75 Å². The van der Waals surface area contributed by atoms with E-state index in [4.69, 9.17) is 4.74 Å². The van der Waals surface area contributed by atoms with Crippen molar-refractivity contribution in [2.24, 2.45) is 0 Å². The van der Waals surface area contributed by atoms with Crippen LogP contribution in [-0.4, -0.2) is 66.3 Å². The van der Waals surface area contributed by atoms with Crippen LogP contribution in [-0.2, 0) is 4.79 Å². The van der Waals surface area contributed by atoms with E-state index in [0.29, 0.717) is 30.0 Å². The van der Waals surface area contributed by atoms with Crippen LogP contribution in [0.25, 0.3) is 0 Å². The molecule has 2 aromatic carbocycles. The summed E-state index contributed by atoms with van der Waals surface area (Å²) in [5.41, 5.74) is 1.78. The van der Waals surface area contributed by atoms with Gasteiger partial charge in [-0.2, -0.15) is 0 Å². The lowest BCUT2D eigenvalue weighted by Crippen LogP contribution is -2.52. The standard InChI is InChI=1S/C24H25N3O4/c28-22-17-8-2-3-9-18(17)23(29)27(22)15-14-26-16-21(24(30)25-12-6-1-7-13-25)31-20-11-5-4-10-19(20)26/h2-5,8-11,21H,1,6-7,12-16H2/t21-/m0/s1.